The number of carboxylic acid groups (broad SMARTS) is 1. The Bertz CT molecular complexity index is 1020. The van der Waals surface area contributed by atoms with Gasteiger partial charge in [0.2, 0.25) is 5.43 Å². The Labute approximate surface area is 152 Å². The van der Waals surface area contributed by atoms with Crippen molar-refractivity contribution in [1.29, 1.82) is 0 Å². The average Bonchev–Trinajstić information content (AvgIpc) is 3.07. The van der Waals surface area contributed by atoms with Crippen LogP contribution in [0.15, 0.2) is 44.9 Å². The van der Waals surface area contributed by atoms with Gasteiger partial charge in [0.1, 0.15) is 4.70 Å². The average molecular weight is 371 g/mol. The molecule has 0 aliphatic carbocycles. The van der Waals surface area contributed by atoms with Gasteiger partial charge in [-0.25, -0.2) is 4.79 Å². The van der Waals surface area contributed by atoms with Gasteiger partial charge >= 0.3 is 6.09 Å². The van der Waals surface area contributed by atoms with E-state index in [1.165, 1.54) is 22.3 Å². The van der Waals surface area contributed by atoms with Gasteiger partial charge in [-0.05, 0) is 17.7 Å². The van der Waals surface area contributed by atoms with Crippen LogP contribution in [0.25, 0.3) is 21.4 Å². The maximum absolute atomic E-state index is 12.5. The summed E-state index contributed by atoms with van der Waals surface area (Å²) in [5.41, 5.74) is 8.68. The smallest absolute Gasteiger partial charge is 0.407 e. The van der Waals surface area contributed by atoms with Crippen LogP contribution >= 0.6 is 11.3 Å². The Hall–Kier alpha value is -3.00. The Balaban J connectivity index is 1.72. The van der Waals surface area contributed by atoms with Gasteiger partial charge in [-0.3, -0.25) is 4.79 Å². The number of hydrogen-bond acceptors (Lipinski definition) is 6. The van der Waals surface area contributed by atoms with Crippen LogP contribution < -0.4 is 16.1 Å². The molecule has 2 aromatic heterocycles. The number of rotatable bonds is 2. The molecular formula is C18H17N3O4S. The van der Waals surface area contributed by atoms with Gasteiger partial charge in [-0.15, -0.1) is 11.3 Å². The summed E-state index contributed by atoms with van der Waals surface area (Å²) in [5, 5.41) is 11.0. The number of carbonyl (C=O) groups is 1. The summed E-state index contributed by atoms with van der Waals surface area (Å²) in [5.74, 6) is 0.475. The monoisotopic (exact) mass is 371 g/mol. The third-order valence-electron chi connectivity index (χ3n) is 4.51. The van der Waals surface area contributed by atoms with Gasteiger partial charge in [0.05, 0.1) is 0 Å². The molecule has 26 heavy (non-hydrogen) atoms. The lowest BCUT2D eigenvalue weighted by Crippen LogP contribution is -2.48. The fraction of sp³-hybridized carbons (Fsp3) is 0.222. The zero-order valence-corrected chi connectivity index (χ0v) is 14.7. The second-order valence-electron chi connectivity index (χ2n) is 6.14. The highest BCUT2D eigenvalue weighted by molar-refractivity contribution is 7.17. The lowest BCUT2D eigenvalue weighted by molar-refractivity contribution is 0.142. The van der Waals surface area contributed by atoms with Crippen molar-refractivity contribution in [3.63, 3.8) is 0 Å². The van der Waals surface area contributed by atoms with Crippen LogP contribution in [0.5, 0.6) is 0 Å². The van der Waals surface area contributed by atoms with Crippen LogP contribution in [-0.2, 0) is 0 Å². The van der Waals surface area contributed by atoms with Crippen LogP contribution in [-0.4, -0.2) is 42.3 Å². The van der Waals surface area contributed by atoms with E-state index in [-0.39, 0.29) is 5.43 Å². The number of benzene rings is 1. The summed E-state index contributed by atoms with van der Waals surface area (Å²) in [6.07, 6.45) is -0.926. The van der Waals surface area contributed by atoms with E-state index in [0.29, 0.717) is 48.0 Å². The Morgan fingerprint density at radius 2 is 1.85 bits per heavy atom. The Morgan fingerprint density at radius 1 is 1.15 bits per heavy atom. The molecule has 134 valence electrons. The van der Waals surface area contributed by atoms with Crippen molar-refractivity contribution < 1.29 is 14.3 Å². The van der Waals surface area contributed by atoms with E-state index in [4.69, 9.17) is 15.3 Å². The van der Waals surface area contributed by atoms with Gasteiger partial charge < -0.3 is 25.1 Å². The molecule has 0 bridgehead atoms. The van der Waals surface area contributed by atoms with Crippen LogP contribution in [0.1, 0.15) is 0 Å². The number of piperazine rings is 1. The van der Waals surface area contributed by atoms with Gasteiger partial charge in [-0.2, -0.15) is 0 Å². The van der Waals surface area contributed by atoms with Gasteiger partial charge in [0, 0.05) is 48.9 Å². The van der Waals surface area contributed by atoms with Crippen LogP contribution in [0.3, 0.4) is 0 Å². The fourth-order valence-electron chi connectivity index (χ4n) is 3.07. The first kappa shape index (κ1) is 16.5. The van der Waals surface area contributed by atoms with Crippen molar-refractivity contribution in [3.05, 3.63) is 45.9 Å². The molecule has 1 fully saturated rings. The molecule has 8 heteroatoms. The van der Waals surface area contributed by atoms with E-state index in [1.807, 2.05) is 34.5 Å². The minimum Gasteiger partial charge on any atom is -0.465 e. The third kappa shape index (κ3) is 2.88. The third-order valence-corrected chi connectivity index (χ3v) is 5.49. The van der Waals surface area contributed by atoms with E-state index in [0.717, 1.165) is 11.1 Å². The standard InChI is InChI=1S/C18H17N3O4S/c19-12-3-1-11(2-4-12)13-10-26-17-14(22)9-15(25-16(13)17)20-5-7-21(8-6-20)18(23)24/h1-4,9-10H,5-8,19H2,(H,23,24). The molecule has 0 saturated carbocycles. The maximum Gasteiger partial charge on any atom is 0.407 e. The Morgan fingerprint density at radius 3 is 2.50 bits per heavy atom. The van der Waals surface area contributed by atoms with Gasteiger partial charge in [0.25, 0.3) is 0 Å². The van der Waals surface area contributed by atoms with Crippen molar-refractivity contribution in [2.75, 3.05) is 36.8 Å². The van der Waals surface area contributed by atoms with Crippen LogP contribution in [0.4, 0.5) is 16.4 Å². The molecular weight excluding hydrogens is 354 g/mol. The topological polar surface area (TPSA) is 100 Å². The quantitative estimate of drug-likeness (QED) is 0.672. The lowest BCUT2D eigenvalue weighted by atomic mass is 10.1. The molecule has 0 radical (unpaired) electrons. The van der Waals surface area contributed by atoms with E-state index < -0.39 is 6.09 Å². The fourth-order valence-corrected chi connectivity index (χ4v) is 3.98. The summed E-state index contributed by atoms with van der Waals surface area (Å²) in [6, 6.07) is 8.91. The summed E-state index contributed by atoms with van der Waals surface area (Å²) >= 11 is 1.36. The van der Waals surface area contributed by atoms with E-state index in [1.54, 1.807) is 0 Å². The van der Waals surface area contributed by atoms with Crippen molar-refractivity contribution in [2.24, 2.45) is 0 Å². The predicted molar refractivity (Wildman–Crippen MR) is 102 cm³/mol. The maximum atomic E-state index is 12.5. The largest absolute Gasteiger partial charge is 0.465 e. The first-order valence-corrected chi connectivity index (χ1v) is 9.05. The van der Waals surface area contributed by atoms with Gasteiger partial charge in [0.15, 0.2) is 11.5 Å². The summed E-state index contributed by atoms with van der Waals surface area (Å²) < 4.78 is 6.65. The van der Waals surface area contributed by atoms with Crippen molar-refractivity contribution in [2.45, 2.75) is 0 Å². The number of nitrogen functional groups attached to an aromatic ring is 1. The number of thiophene rings is 1. The molecule has 1 aromatic carbocycles. The summed E-state index contributed by atoms with van der Waals surface area (Å²) in [4.78, 5) is 26.8. The van der Waals surface area contributed by atoms with Crippen LogP contribution in [0.2, 0.25) is 0 Å². The molecule has 1 aliphatic rings. The minimum absolute atomic E-state index is 0.0893. The highest BCUT2D eigenvalue weighted by atomic mass is 32.1. The molecule has 1 aliphatic heterocycles. The highest BCUT2D eigenvalue weighted by Crippen LogP contribution is 2.34. The van der Waals surface area contributed by atoms with E-state index in [2.05, 4.69) is 0 Å². The summed E-state index contributed by atoms with van der Waals surface area (Å²) in [7, 11) is 0. The summed E-state index contributed by atoms with van der Waals surface area (Å²) in [6.45, 7) is 1.74. The molecule has 7 nitrogen and oxygen atoms in total. The van der Waals surface area contributed by atoms with E-state index >= 15 is 0 Å². The number of amides is 1. The molecule has 4 rings (SSSR count). The molecule has 1 saturated heterocycles. The molecule has 1 amide bonds. The lowest BCUT2D eigenvalue weighted by Gasteiger charge is -2.33. The molecule has 0 unspecified atom stereocenters. The number of hydrogen-bond donors (Lipinski definition) is 2. The van der Waals surface area contributed by atoms with Crippen molar-refractivity contribution >= 4 is 39.3 Å². The molecule has 3 aromatic rings. The zero-order chi connectivity index (χ0) is 18.3. The molecule has 0 atom stereocenters. The second-order valence-corrected chi connectivity index (χ2v) is 7.01. The highest BCUT2D eigenvalue weighted by Gasteiger charge is 2.23. The van der Waals surface area contributed by atoms with Gasteiger partial charge in [-0.1, -0.05) is 12.1 Å². The number of fused-ring (bicyclic) bond motifs is 1. The molecule has 3 N–H and O–H groups in total. The second kappa shape index (κ2) is 6.38. The number of nitrogens with zero attached hydrogens (tertiary/aromatic N) is 2. The van der Waals surface area contributed by atoms with Crippen molar-refractivity contribution in [1.82, 2.24) is 4.90 Å². The first-order valence-electron chi connectivity index (χ1n) is 8.17. The van der Waals surface area contributed by atoms with E-state index in [9.17, 15) is 9.59 Å². The number of anilines is 2. The molecule has 3 heterocycles. The zero-order valence-electron chi connectivity index (χ0n) is 13.8. The molecule has 0 spiro atoms. The SMILES string of the molecule is Nc1ccc(-c2csc3c(=O)cc(N4CCN(C(=O)O)CC4)oc23)cc1. The predicted octanol–water partition coefficient (Wildman–Crippen LogP) is 2.90. The van der Waals surface area contributed by atoms with Crippen molar-refractivity contribution in [3.8, 4) is 11.1 Å². The minimum atomic E-state index is -0.926. The number of nitrogens with two attached hydrogens (primary N) is 1. The van der Waals surface area contributed by atoms with Crippen LogP contribution in [0, 0.1) is 0 Å². The first-order chi connectivity index (χ1) is 12.5. The Kier molecular flexibility index (Phi) is 4.04. The normalized spacial score (nSPS) is 14.8.